The zero-order chi connectivity index (χ0) is 13.2. The highest BCUT2D eigenvalue weighted by Crippen LogP contribution is 2.18. The lowest BCUT2D eigenvalue weighted by molar-refractivity contribution is -0.130. The number of carbonyl (C=O) groups excluding carboxylic acids is 1. The molecule has 4 heteroatoms. The largest absolute Gasteiger partial charge is 0.396 e. The Hall–Kier alpha value is -0.610. The van der Waals surface area contributed by atoms with Gasteiger partial charge in [-0.25, -0.2) is 0 Å². The van der Waals surface area contributed by atoms with Gasteiger partial charge in [-0.2, -0.15) is 0 Å². The summed E-state index contributed by atoms with van der Waals surface area (Å²) < 4.78 is 0. The molecule has 0 spiro atoms. The number of hydrogen-bond acceptors (Lipinski definition) is 3. The second kappa shape index (κ2) is 9.34. The van der Waals surface area contributed by atoms with Crippen LogP contribution in [0.15, 0.2) is 0 Å². The Labute approximate surface area is 111 Å². The normalized spacial score (nSPS) is 16.8. The van der Waals surface area contributed by atoms with Crippen LogP contribution in [0.4, 0.5) is 0 Å². The molecule has 1 aliphatic heterocycles. The third-order valence-corrected chi connectivity index (χ3v) is 3.80. The van der Waals surface area contributed by atoms with Gasteiger partial charge < -0.3 is 15.3 Å². The first kappa shape index (κ1) is 15.4. The molecule has 1 fully saturated rings. The van der Waals surface area contributed by atoms with E-state index in [-0.39, 0.29) is 12.5 Å². The number of carbonyl (C=O) groups is 1. The van der Waals surface area contributed by atoms with E-state index in [9.17, 15) is 4.79 Å². The van der Waals surface area contributed by atoms with E-state index in [1.807, 2.05) is 11.9 Å². The fourth-order valence-corrected chi connectivity index (χ4v) is 2.45. The van der Waals surface area contributed by atoms with Crippen molar-refractivity contribution in [2.75, 3.05) is 33.3 Å². The van der Waals surface area contributed by atoms with Gasteiger partial charge in [-0.3, -0.25) is 4.79 Å². The summed E-state index contributed by atoms with van der Waals surface area (Å²) in [6.45, 7) is 3.30. The van der Waals surface area contributed by atoms with E-state index in [0.717, 1.165) is 51.2 Å². The van der Waals surface area contributed by atoms with E-state index in [2.05, 4.69) is 5.32 Å². The number of piperidine rings is 1. The number of hydrogen-bond donors (Lipinski definition) is 2. The van der Waals surface area contributed by atoms with Crippen molar-refractivity contribution < 1.29 is 9.90 Å². The molecule has 1 rings (SSSR count). The van der Waals surface area contributed by atoms with Gasteiger partial charge in [0.05, 0.1) is 0 Å². The average molecular weight is 256 g/mol. The molecule has 106 valence electrons. The van der Waals surface area contributed by atoms with E-state index < -0.39 is 0 Å². The van der Waals surface area contributed by atoms with Gasteiger partial charge in [0.25, 0.3) is 0 Å². The molecule has 0 aromatic rings. The topological polar surface area (TPSA) is 52.6 Å². The van der Waals surface area contributed by atoms with Gasteiger partial charge >= 0.3 is 0 Å². The minimum absolute atomic E-state index is 0.257. The maximum Gasteiger partial charge on any atom is 0.222 e. The molecule has 18 heavy (non-hydrogen) atoms. The zero-order valence-corrected chi connectivity index (χ0v) is 11.7. The molecule has 1 heterocycles. The third kappa shape index (κ3) is 6.36. The van der Waals surface area contributed by atoms with Crippen molar-refractivity contribution in [3.8, 4) is 0 Å². The average Bonchev–Trinajstić information content (AvgIpc) is 2.42. The number of aliphatic hydroxyl groups is 1. The van der Waals surface area contributed by atoms with Crippen molar-refractivity contribution in [1.29, 1.82) is 0 Å². The summed E-state index contributed by atoms with van der Waals surface area (Å²) in [6, 6.07) is 0. The minimum atomic E-state index is 0.257. The van der Waals surface area contributed by atoms with Gasteiger partial charge in [-0.15, -0.1) is 0 Å². The van der Waals surface area contributed by atoms with Crippen LogP contribution in [0.5, 0.6) is 0 Å². The van der Waals surface area contributed by atoms with Gasteiger partial charge in [0.1, 0.15) is 0 Å². The van der Waals surface area contributed by atoms with Crippen LogP contribution >= 0.6 is 0 Å². The second-order valence-electron chi connectivity index (χ2n) is 5.33. The summed E-state index contributed by atoms with van der Waals surface area (Å²) in [5.74, 6) is 1.01. The number of nitrogens with one attached hydrogen (secondary N) is 1. The molecule has 0 aromatic heterocycles. The van der Waals surface area contributed by atoms with Crippen LogP contribution in [0.2, 0.25) is 0 Å². The molecule has 0 radical (unpaired) electrons. The lowest BCUT2D eigenvalue weighted by Gasteiger charge is -2.23. The Morgan fingerprint density at radius 1 is 1.28 bits per heavy atom. The van der Waals surface area contributed by atoms with Gasteiger partial charge in [0.2, 0.25) is 5.91 Å². The highest BCUT2D eigenvalue weighted by atomic mass is 16.2. The fourth-order valence-electron chi connectivity index (χ4n) is 2.45. The van der Waals surface area contributed by atoms with Crippen molar-refractivity contribution in [2.45, 2.75) is 44.9 Å². The second-order valence-corrected chi connectivity index (χ2v) is 5.33. The number of nitrogens with zero attached hydrogens (tertiary/aromatic N) is 1. The Bertz CT molecular complexity index is 228. The molecule has 4 nitrogen and oxygen atoms in total. The Morgan fingerprint density at radius 2 is 2.00 bits per heavy atom. The molecule has 1 saturated heterocycles. The van der Waals surface area contributed by atoms with Gasteiger partial charge in [0, 0.05) is 26.6 Å². The molecule has 0 bridgehead atoms. The van der Waals surface area contributed by atoms with Crippen LogP contribution in [0, 0.1) is 5.92 Å². The number of rotatable bonds is 8. The van der Waals surface area contributed by atoms with Crippen molar-refractivity contribution in [3.63, 3.8) is 0 Å². The lowest BCUT2D eigenvalue weighted by Crippen LogP contribution is -2.30. The molecule has 0 atom stereocenters. The zero-order valence-electron chi connectivity index (χ0n) is 11.7. The van der Waals surface area contributed by atoms with E-state index in [4.69, 9.17) is 5.11 Å². The third-order valence-electron chi connectivity index (χ3n) is 3.80. The van der Waals surface area contributed by atoms with Gasteiger partial charge in [-0.05, 0) is 57.5 Å². The first-order valence-corrected chi connectivity index (χ1v) is 7.29. The molecule has 0 aliphatic carbocycles. The molecular weight excluding hydrogens is 228 g/mol. The maximum atomic E-state index is 11.9. The molecule has 0 aromatic carbocycles. The predicted molar refractivity (Wildman–Crippen MR) is 73.4 cm³/mol. The van der Waals surface area contributed by atoms with Crippen LogP contribution in [0.3, 0.4) is 0 Å². The van der Waals surface area contributed by atoms with Gasteiger partial charge in [0.15, 0.2) is 0 Å². The van der Waals surface area contributed by atoms with Crippen LogP contribution in [-0.2, 0) is 4.79 Å². The Balaban J connectivity index is 2.07. The number of aliphatic hydroxyl groups excluding tert-OH is 1. The first-order chi connectivity index (χ1) is 8.74. The maximum absolute atomic E-state index is 11.9. The molecule has 0 unspecified atom stereocenters. The van der Waals surface area contributed by atoms with Crippen molar-refractivity contribution in [1.82, 2.24) is 10.2 Å². The van der Waals surface area contributed by atoms with E-state index in [1.165, 1.54) is 12.8 Å². The molecule has 2 N–H and O–H groups in total. The van der Waals surface area contributed by atoms with E-state index >= 15 is 0 Å². The summed E-state index contributed by atoms with van der Waals surface area (Å²) in [4.78, 5) is 13.8. The summed E-state index contributed by atoms with van der Waals surface area (Å²) >= 11 is 0. The fraction of sp³-hybridized carbons (Fsp3) is 0.929. The monoisotopic (exact) mass is 256 g/mol. The number of unbranched alkanes of at least 4 members (excludes halogenated alkanes) is 2. The molecule has 1 amide bonds. The minimum Gasteiger partial charge on any atom is -0.396 e. The predicted octanol–water partition coefficient (Wildman–Crippen LogP) is 1.39. The van der Waals surface area contributed by atoms with Crippen molar-refractivity contribution in [3.05, 3.63) is 0 Å². The van der Waals surface area contributed by atoms with Gasteiger partial charge in [-0.1, -0.05) is 0 Å². The molecule has 0 saturated carbocycles. The van der Waals surface area contributed by atoms with Crippen molar-refractivity contribution in [2.24, 2.45) is 5.92 Å². The summed E-state index contributed by atoms with van der Waals surface area (Å²) in [5.41, 5.74) is 0. The van der Waals surface area contributed by atoms with Crippen LogP contribution < -0.4 is 5.32 Å². The van der Waals surface area contributed by atoms with E-state index in [1.54, 1.807) is 0 Å². The van der Waals surface area contributed by atoms with Crippen LogP contribution in [0.1, 0.15) is 44.9 Å². The Kier molecular flexibility index (Phi) is 8.01. The molecule has 1 aliphatic rings. The Morgan fingerprint density at radius 3 is 2.67 bits per heavy atom. The summed E-state index contributed by atoms with van der Waals surface area (Å²) in [6.07, 6.45) is 7.01. The first-order valence-electron chi connectivity index (χ1n) is 7.29. The van der Waals surface area contributed by atoms with Crippen molar-refractivity contribution >= 4 is 5.91 Å². The van der Waals surface area contributed by atoms with Crippen LogP contribution in [-0.4, -0.2) is 49.2 Å². The summed E-state index contributed by atoms with van der Waals surface area (Å²) in [5, 5.41) is 12.0. The van der Waals surface area contributed by atoms with Crippen LogP contribution in [0.25, 0.3) is 0 Å². The lowest BCUT2D eigenvalue weighted by atomic mass is 9.93. The highest BCUT2D eigenvalue weighted by Gasteiger charge is 2.15. The molecular formula is C14H28N2O2. The highest BCUT2D eigenvalue weighted by molar-refractivity contribution is 5.75. The number of amides is 1. The smallest absolute Gasteiger partial charge is 0.222 e. The standard InChI is InChI=1S/C14H28N2O2/c1-16(11-3-2-4-12-17)14(18)6-5-13-7-9-15-10-8-13/h13,15,17H,2-12H2,1H3. The quantitative estimate of drug-likeness (QED) is 0.645. The summed E-state index contributed by atoms with van der Waals surface area (Å²) in [7, 11) is 1.89. The SMILES string of the molecule is CN(CCCCCO)C(=O)CCC1CCNCC1. The van der Waals surface area contributed by atoms with E-state index in [0.29, 0.717) is 6.42 Å².